The molecule has 1 aliphatic heterocycles. The van der Waals surface area contributed by atoms with Gasteiger partial charge in [0, 0.05) is 18.7 Å². The van der Waals surface area contributed by atoms with Crippen LogP contribution in [0.3, 0.4) is 0 Å². The fraction of sp³-hybridized carbons (Fsp3) is 0.429. The predicted octanol–water partition coefficient (Wildman–Crippen LogP) is 1.48. The average Bonchev–Trinajstić information content (AvgIpc) is 2.40. The Morgan fingerprint density at radius 1 is 1.53 bits per heavy atom. The largest absolute Gasteiger partial charge is 0.353 e. The van der Waals surface area contributed by atoms with Gasteiger partial charge in [0.05, 0.1) is 0 Å². The minimum Gasteiger partial charge on any atom is -0.353 e. The molecule has 2 amide bonds. The van der Waals surface area contributed by atoms with Gasteiger partial charge in [-0.05, 0) is 31.0 Å². The minimum absolute atomic E-state index is 0.144. The van der Waals surface area contributed by atoms with Gasteiger partial charge in [-0.1, -0.05) is 13.0 Å². The molecule has 1 atom stereocenters. The van der Waals surface area contributed by atoms with Crippen molar-refractivity contribution < 1.29 is 14.0 Å². The van der Waals surface area contributed by atoms with Crippen molar-refractivity contribution in [2.75, 3.05) is 13.1 Å². The molecule has 0 bridgehead atoms. The summed E-state index contributed by atoms with van der Waals surface area (Å²) in [5.41, 5.74) is 0.788. The Labute approximate surface area is 111 Å². The number of piperazine rings is 1. The molecule has 0 aliphatic carbocycles. The average molecular weight is 264 g/mol. The number of carbonyl (C=O) groups excluding carboxylic acids is 2. The van der Waals surface area contributed by atoms with E-state index in [1.807, 2.05) is 6.92 Å². The van der Waals surface area contributed by atoms with Crippen molar-refractivity contribution in [3.63, 3.8) is 0 Å². The predicted molar refractivity (Wildman–Crippen MR) is 69.3 cm³/mol. The van der Waals surface area contributed by atoms with Gasteiger partial charge in [0.1, 0.15) is 11.9 Å². The summed E-state index contributed by atoms with van der Waals surface area (Å²) < 4.78 is 13.5. The monoisotopic (exact) mass is 264 g/mol. The van der Waals surface area contributed by atoms with Crippen LogP contribution in [0.15, 0.2) is 18.2 Å². The van der Waals surface area contributed by atoms with Crippen molar-refractivity contribution in [2.45, 2.75) is 26.3 Å². The van der Waals surface area contributed by atoms with E-state index in [-0.39, 0.29) is 17.4 Å². The summed E-state index contributed by atoms with van der Waals surface area (Å²) in [6, 6.07) is 3.94. The normalized spacial score (nSPS) is 19.2. The van der Waals surface area contributed by atoms with E-state index < -0.39 is 11.9 Å². The molecule has 0 aromatic heterocycles. The van der Waals surface area contributed by atoms with Gasteiger partial charge in [-0.15, -0.1) is 0 Å². The molecule has 0 spiro atoms. The molecule has 0 radical (unpaired) electrons. The van der Waals surface area contributed by atoms with E-state index in [0.717, 1.165) is 0 Å². The number of hydrogen-bond donors (Lipinski definition) is 1. The Morgan fingerprint density at radius 2 is 2.26 bits per heavy atom. The van der Waals surface area contributed by atoms with E-state index in [2.05, 4.69) is 5.32 Å². The summed E-state index contributed by atoms with van der Waals surface area (Å²) in [6.45, 7) is 4.40. The number of nitrogens with one attached hydrogen (secondary N) is 1. The zero-order chi connectivity index (χ0) is 14.0. The molecule has 1 fully saturated rings. The molecule has 1 aromatic carbocycles. The van der Waals surface area contributed by atoms with E-state index in [1.165, 1.54) is 11.0 Å². The second-order valence-electron chi connectivity index (χ2n) is 4.68. The van der Waals surface area contributed by atoms with E-state index in [4.69, 9.17) is 0 Å². The van der Waals surface area contributed by atoms with Crippen molar-refractivity contribution in [3.05, 3.63) is 35.1 Å². The first-order chi connectivity index (χ1) is 9.04. The van der Waals surface area contributed by atoms with Crippen LogP contribution in [-0.2, 0) is 4.79 Å². The third-order valence-corrected chi connectivity index (χ3v) is 3.40. The summed E-state index contributed by atoms with van der Waals surface area (Å²) in [5.74, 6) is -0.837. The molecule has 0 unspecified atom stereocenters. The van der Waals surface area contributed by atoms with Crippen molar-refractivity contribution in [1.29, 1.82) is 0 Å². The molecule has 102 valence electrons. The Balaban J connectivity index is 2.26. The maximum Gasteiger partial charge on any atom is 0.254 e. The highest BCUT2D eigenvalue weighted by atomic mass is 19.1. The van der Waals surface area contributed by atoms with Gasteiger partial charge >= 0.3 is 0 Å². The van der Waals surface area contributed by atoms with Crippen LogP contribution in [0.1, 0.15) is 29.3 Å². The number of amides is 2. The van der Waals surface area contributed by atoms with Crippen LogP contribution in [0.4, 0.5) is 4.39 Å². The number of benzene rings is 1. The van der Waals surface area contributed by atoms with E-state index in [0.29, 0.717) is 25.1 Å². The number of nitrogens with zero attached hydrogens (tertiary/aromatic N) is 1. The zero-order valence-electron chi connectivity index (χ0n) is 11.1. The van der Waals surface area contributed by atoms with Crippen molar-refractivity contribution in [3.8, 4) is 0 Å². The zero-order valence-corrected chi connectivity index (χ0v) is 11.1. The van der Waals surface area contributed by atoms with Crippen LogP contribution in [0.2, 0.25) is 0 Å². The van der Waals surface area contributed by atoms with Crippen LogP contribution >= 0.6 is 0 Å². The van der Waals surface area contributed by atoms with Crippen molar-refractivity contribution in [2.24, 2.45) is 0 Å². The topological polar surface area (TPSA) is 49.4 Å². The SMILES string of the molecule is CC[C@H]1C(=O)NCCN1C(=O)c1ccc(C)c(F)c1. The lowest BCUT2D eigenvalue weighted by Gasteiger charge is -2.34. The summed E-state index contributed by atoms with van der Waals surface area (Å²) in [5, 5.41) is 2.73. The van der Waals surface area contributed by atoms with Gasteiger partial charge in [0.2, 0.25) is 5.91 Å². The molecular formula is C14H17FN2O2. The molecule has 19 heavy (non-hydrogen) atoms. The molecule has 2 rings (SSSR count). The fourth-order valence-electron chi connectivity index (χ4n) is 2.26. The highest BCUT2D eigenvalue weighted by Gasteiger charge is 2.32. The molecule has 1 aromatic rings. The highest BCUT2D eigenvalue weighted by Crippen LogP contribution is 2.16. The van der Waals surface area contributed by atoms with E-state index in [1.54, 1.807) is 19.1 Å². The van der Waals surface area contributed by atoms with Crippen LogP contribution in [0, 0.1) is 12.7 Å². The van der Waals surface area contributed by atoms with Gasteiger partial charge in [0.15, 0.2) is 0 Å². The van der Waals surface area contributed by atoms with Crippen LogP contribution in [-0.4, -0.2) is 35.8 Å². The Kier molecular flexibility index (Phi) is 3.83. The number of carbonyl (C=O) groups is 2. The smallest absolute Gasteiger partial charge is 0.254 e. The van der Waals surface area contributed by atoms with Gasteiger partial charge in [0.25, 0.3) is 5.91 Å². The Bertz CT molecular complexity index is 516. The quantitative estimate of drug-likeness (QED) is 0.879. The van der Waals surface area contributed by atoms with Crippen molar-refractivity contribution >= 4 is 11.8 Å². The fourth-order valence-corrected chi connectivity index (χ4v) is 2.26. The lowest BCUT2D eigenvalue weighted by atomic mass is 10.1. The molecule has 1 heterocycles. The summed E-state index contributed by atoms with van der Waals surface area (Å²) in [6.07, 6.45) is 0.548. The third-order valence-electron chi connectivity index (χ3n) is 3.40. The summed E-state index contributed by atoms with van der Waals surface area (Å²) in [7, 11) is 0. The first-order valence-electron chi connectivity index (χ1n) is 6.39. The summed E-state index contributed by atoms with van der Waals surface area (Å²) in [4.78, 5) is 25.6. The second kappa shape index (κ2) is 5.38. The van der Waals surface area contributed by atoms with Gasteiger partial charge in [-0.3, -0.25) is 9.59 Å². The number of hydrogen-bond acceptors (Lipinski definition) is 2. The van der Waals surface area contributed by atoms with Crippen LogP contribution < -0.4 is 5.32 Å². The molecule has 1 N–H and O–H groups in total. The Morgan fingerprint density at radius 3 is 2.89 bits per heavy atom. The first kappa shape index (κ1) is 13.5. The standard InChI is InChI=1S/C14H17FN2O2/c1-3-12-13(18)16-6-7-17(12)14(19)10-5-4-9(2)11(15)8-10/h4-5,8,12H,3,6-7H2,1-2H3,(H,16,18)/t12-/m0/s1. The lowest BCUT2D eigenvalue weighted by Crippen LogP contribution is -2.56. The summed E-state index contributed by atoms with van der Waals surface area (Å²) >= 11 is 0. The molecule has 1 saturated heterocycles. The van der Waals surface area contributed by atoms with Crippen LogP contribution in [0.5, 0.6) is 0 Å². The minimum atomic E-state index is -0.467. The molecule has 1 aliphatic rings. The molecule has 0 saturated carbocycles. The maximum atomic E-state index is 13.5. The maximum absolute atomic E-state index is 13.5. The molecule has 5 heteroatoms. The molecule has 4 nitrogen and oxygen atoms in total. The third kappa shape index (κ3) is 2.59. The second-order valence-corrected chi connectivity index (χ2v) is 4.68. The Hall–Kier alpha value is -1.91. The van der Waals surface area contributed by atoms with Gasteiger partial charge in [-0.2, -0.15) is 0 Å². The van der Waals surface area contributed by atoms with E-state index in [9.17, 15) is 14.0 Å². The number of aryl methyl sites for hydroxylation is 1. The number of halogens is 1. The van der Waals surface area contributed by atoms with E-state index >= 15 is 0 Å². The molecular weight excluding hydrogens is 247 g/mol. The number of rotatable bonds is 2. The van der Waals surface area contributed by atoms with Gasteiger partial charge < -0.3 is 10.2 Å². The lowest BCUT2D eigenvalue weighted by molar-refractivity contribution is -0.127. The highest BCUT2D eigenvalue weighted by molar-refractivity contribution is 5.98. The van der Waals surface area contributed by atoms with Gasteiger partial charge in [-0.25, -0.2) is 4.39 Å². The first-order valence-corrected chi connectivity index (χ1v) is 6.39. The van der Waals surface area contributed by atoms with Crippen molar-refractivity contribution in [1.82, 2.24) is 10.2 Å². The van der Waals surface area contributed by atoms with Crippen LogP contribution in [0.25, 0.3) is 0 Å².